The number of carbonyl (C=O) groups is 1. The summed E-state index contributed by atoms with van der Waals surface area (Å²) < 4.78 is 25.5. The number of fused-ring (bicyclic) bond motifs is 1. The van der Waals surface area contributed by atoms with Crippen molar-refractivity contribution < 1.29 is 28.7 Å². The number of nitro benzene ring substituents is 1. The van der Waals surface area contributed by atoms with E-state index in [2.05, 4.69) is 36.9 Å². The van der Waals surface area contributed by atoms with Crippen molar-refractivity contribution in [3.63, 3.8) is 0 Å². The Bertz CT molecular complexity index is 2050. The normalized spacial score (nSPS) is 14.4. The maximum atomic E-state index is 14.1. The van der Waals surface area contributed by atoms with Gasteiger partial charge in [-0.05, 0) is 88.9 Å². The smallest absolute Gasteiger partial charge is 0.338 e. The third-order valence-electron chi connectivity index (χ3n) is 7.11. The molecule has 46 heavy (non-hydrogen) atoms. The lowest BCUT2D eigenvalue weighted by atomic mass is 9.95. The number of non-ortho nitro benzene ring substituents is 1. The molecule has 14 heteroatoms. The van der Waals surface area contributed by atoms with E-state index in [0.29, 0.717) is 46.8 Å². The minimum absolute atomic E-state index is 0.00882. The number of benzene rings is 3. The average Bonchev–Trinajstić information content (AvgIpc) is 3.33. The molecule has 1 aliphatic heterocycles. The van der Waals surface area contributed by atoms with Gasteiger partial charge >= 0.3 is 5.97 Å². The average molecular weight is 773 g/mol. The highest BCUT2D eigenvalue weighted by molar-refractivity contribution is 9.10. The number of nitro groups is 1. The molecule has 238 valence electrons. The molecule has 1 atom stereocenters. The summed E-state index contributed by atoms with van der Waals surface area (Å²) in [6, 6.07) is 14.1. The molecular weight excluding hydrogens is 746 g/mol. The summed E-state index contributed by atoms with van der Waals surface area (Å²) in [6.07, 6.45) is 1.75. The molecule has 0 aliphatic carbocycles. The number of rotatable bonds is 10. The number of methoxy groups -OCH3 is 2. The molecule has 0 fully saturated rings. The first-order valence-electron chi connectivity index (χ1n) is 13.8. The van der Waals surface area contributed by atoms with Gasteiger partial charge in [0.1, 0.15) is 12.4 Å². The van der Waals surface area contributed by atoms with Gasteiger partial charge in [0.05, 0.1) is 52.1 Å². The number of thiazole rings is 1. The molecule has 2 heterocycles. The van der Waals surface area contributed by atoms with E-state index in [-0.39, 0.29) is 30.0 Å². The van der Waals surface area contributed by atoms with Crippen LogP contribution in [0.3, 0.4) is 0 Å². The number of hydrogen-bond acceptors (Lipinski definition) is 10. The summed E-state index contributed by atoms with van der Waals surface area (Å²) in [6.45, 7) is 3.80. The van der Waals surface area contributed by atoms with Crippen LogP contribution >= 0.6 is 43.2 Å². The van der Waals surface area contributed by atoms with E-state index in [4.69, 9.17) is 18.9 Å². The highest BCUT2D eigenvalue weighted by Gasteiger charge is 2.35. The molecule has 1 aliphatic rings. The molecular formula is C32H27Br2N3O8S. The largest absolute Gasteiger partial charge is 0.493 e. The summed E-state index contributed by atoms with van der Waals surface area (Å²) in [5, 5.41) is 10.9. The molecule has 0 radical (unpaired) electrons. The zero-order valence-electron chi connectivity index (χ0n) is 25.0. The van der Waals surface area contributed by atoms with E-state index in [1.165, 1.54) is 42.3 Å². The predicted octanol–water partition coefficient (Wildman–Crippen LogP) is 5.83. The Labute approximate surface area is 283 Å². The molecule has 0 spiro atoms. The zero-order valence-corrected chi connectivity index (χ0v) is 29.0. The van der Waals surface area contributed by atoms with Crippen molar-refractivity contribution in [2.45, 2.75) is 26.5 Å². The lowest BCUT2D eigenvalue weighted by Crippen LogP contribution is -2.40. The second-order valence-corrected chi connectivity index (χ2v) is 12.7. The van der Waals surface area contributed by atoms with Crippen LogP contribution in [0.25, 0.3) is 6.08 Å². The summed E-state index contributed by atoms with van der Waals surface area (Å²) in [5.74, 6) is 0.902. The number of halogens is 2. The maximum absolute atomic E-state index is 14.1. The Balaban J connectivity index is 1.53. The Morgan fingerprint density at radius 1 is 1.04 bits per heavy atom. The lowest BCUT2D eigenvalue weighted by molar-refractivity contribution is -0.384. The fourth-order valence-corrected chi connectivity index (χ4v) is 7.01. The van der Waals surface area contributed by atoms with Crippen molar-refractivity contribution >= 4 is 60.9 Å². The first-order valence-corrected chi connectivity index (χ1v) is 16.2. The van der Waals surface area contributed by atoms with Crippen LogP contribution in [0.2, 0.25) is 0 Å². The Morgan fingerprint density at radius 2 is 1.74 bits per heavy atom. The third-order valence-corrected chi connectivity index (χ3v) is 9.40. The van der Waals surface area contributed by atoms with Crippen molar-refractivity contribution in [3.05, 3.63) is 121 Å². The molecule has 1 aromatic heterocycles. The van der Waals surface area contributed by atoms with Gasteiger partial charge in [0.2, 0.25) is 0 Å². The van der Waals surface area contributed by atoms with Gasteiger partial charge in [-0.25, -0.2) is 9.79 Å². The van der Waals surface area contributed by atoms with Gasteiger partial charge in [-0.1, -0.05) is 33.3 Å². The van der Waals surface area contributed by atoms with Crippen LogP contribution in [0.1, 0.15) is 36.6 Å². The third kappa shape index (κ3) is 6.64. The van der Waals surface area contributed by atoms with Gasteiger partial charge in [-0.2, -0.15) is 0 Å². The van der Waals surface area contributed by atoms with E-state index in [1.54, 1.807) is 50.3 Å². The molecule has 3 aromatic carbocycles. The van der Waals surface area contributed by atoms with E-state index in [9.17, 15) is 19.7 Å². The van der Waals surface area contributed by atoms with Gasteiger partial charge in [0.25, 0.3) is 11.2 Å². The Morgan fingerprint density at radius 3 is 2.37 bits per heavy atom. The topological polar surface area (TPSA) is 131 Å². The highest BCUT2D eigenvalue weighted by atomic mass is 79.9. The maximum Gasteiger partial charge on any atom is 0.338 e. The molecule has 0 saturated heterocycles. The van der Waals surface area contributed by atoms with Crippen LogP contribution < -0.4 is 29.1 Å². The van der Waals surface area contributed by atoms with Gasteiger partial charge in [0.15, 0.2) is 16.3 Å². The second kappa shape index (κ2) is 14.0. The number of nitrogens with zero attached hydrogens (tertiary/aromatic N) is 3. The van der Waals surface area contributed by atoms with Crippen molar-refractivity contribution in [1.82, 2.24) is 4.57 Å². The number of hydrogen-bond donors (Lipinski definition) is 0. The fraction of sp³-hybridized carbons (Fsp3) is 0.219. The van der Waals surface area contributed by atoms with Crippen molar-refractivity contribution in [1.29, 1.82) is 0 Å². The lowest BCUT2D eigenvalue weighted by Gasteiger charge is -2.26. The molecule has 0 amide bonds. The van der Waals surface area contributed by atoms with Crippen LogP contribution in [-0.4, -0.2) is 36.3 Å². The molecule has 0 bridgehead atoms. The van der Waals surface area contributed by atoms with Gasteiger partial charge in [-0.3, -0.25) is 19.5 Å². The van der Waals surface area contributed by atoms with Gasteiger partial charge in [0, 0.05) is 16.6 Å². The van der Waals surface area contributed by atoms with Gasteiger partial charge in [-0.15, -0.1) is 0 Å². The number of carbonyl (C=O) groups excluding carboxylic acids is 1. The van der Waals surface area contributed by atoms with Crippen LogP contribution in [-0.2, 0) is 16.1 Å². The van der Waals surface area contributed by atoms with Crippen molar-refractivity contribution in [2.75, 3.05) is 20.8 Å². The molecule has 0 N–H and O–H groups in total. The minimum atomic E-state index is -0.853. The molecule has 5 rings (SSSR count). The van der Waals surface area contributed by atoms with Gasteiger partial charge < -0.3 is 18.9 Å². The molecule has 0 saturated carbocycles. The van der Waals surface area contributed by atoms with Crippen molar-refractivity contribution in [2.24, 2.45) is 4.99 Å². The fourth-order valence-electron chi connectivity index (χ4n) is 4.92. The SMILES string of the molecule is CCOC(=O)C1=C(C)N=c2s/c(=C\c3ccc(OCc4ccc([N+](=O)[O-])cc4)c(Br)c3)c(=O)n2[C@H]1c1cc(OC)c(OC)cc1Br. The van der Waals surface area contributed by atoms with E-state index >= 15 is 0 Å². The summed E-state index contributed by atoms with van der Waals surface area (Å²) in [5.41, 5.74) is 2.45. The van der Waals surface area contributed by atoms with E-state index < -0.39 is 16.9 Å². The van der Waals surface area contributed by atoms with Crippen LogP contribution in [0.5, 0.6) is 17.2 Å². The second-order valence-electron chi connectivity index (χ2n) is 9.93. The van der Waals surface area contributed by atoms with Crippen LogP contribution in [0.4, 0.5) is 5.69 Å². The zero-order chi connectivity index (χ0) is 33.1. The number of esters is 1. The Kier molecular flexibility index (Phi) is 10.1. The summed E-state index contributed by atoms with van der Waals surface area (Å²) in [4.78, 5) is 42.9. The molecule has 11 nitrogen and oxygen atoms in total. The monoisotopic (exact) mass is 771 g/mol. The molecule has 0 unspecified atom stereocenters. The number of aromatic nitrogens is 1. The summed E-state index contributed by atoms with van der Waals surface area (Å²) in [7, 11) is 3.04. The Hall–Kier alpha value is -4.27. The quantitative estimate of drug-likeness (QED) is 0.112. The van der Waals surface area contributed by atoms with E-state index in [1.807, 2.05) is 12.1 Å². The number of ether oxygens (including phenoxy) is 4. The first-order chi connectivity index (χ1) is 22.1. The first kappa shape index (κ1) is 33.1. The van der Waals surface area contributed by atoms with Crippen molar-refractivity contribution in [3.8, 4) is 17.2 Å². The highest BCUT2D eigenvalue weighted by Crippen LogP contribution is 2.41. The number of allylic oxidation sites excluding steroid dienone is 1. The summed E-state index contributed by atoms with van der Waals surface area (Å²) >= 11 is 8.35. The van der Waals surface area contributed by atoms with Crippen LogP contribution in [0, 0.1) is 10.1 Å². The molecule has 4 aromatic rings. The standard InChI is InChI=1S/C32H27Br2N3O8S/c1-5-44-31(39)28-17(2)35-32-36(29(28)21-14-25(42-3)26(43-4)15-22(21)33)30(38)27(46-32)13-19-8-11-24(23(34)12-19)45-16-18-6-9-20(10-7-18)37(40)41/h6-15,29H,5,16H2,1-4H3/b27-13-/t29-/m0/s1. The van der Waals surface area contributed by atoms with Crippen LogP contribution in [0.15, 0.2) is 84.6 Å². The minimum Gasteiger partial charge on any atom is -0.493 e. The predicted molar refractivity (Wildman–Crippen MR) is 179 cm³/mol. The van der Waals surface area contributed by atoms with E-state index in [0.717, 1.165) is 11.1 Å².